The molecule has 0 aromatic heterocycles. The molecule has 0 aliphatic rings. The molecular weight excluding hydrogens is 284 g/mol. The molecule has 0 spiro atoms. The normalized spacial score (nSPS) is 12.0. The van der Waals surface area contributed by atoms with Crippen molar-refractivity contribution in [1.82, 2.24) is 0 Å². The smallest absolute Gasteiger partial charge is 0.122 e. The Bertz CT molecular complexity index is 777. The molecule has 3 aromatic carbocycles. The van der Waals surface area contributed by atoms with Crippen LogP contribution in [-0.2, 0) is 6.42 Å². The Morgan fingerprint density at radius 1 is 0.783 bits per heavy atom. The maximum absolute atomic E-state index is 9.97. The molecule has 0 radical (unpaired) electrons. The fourth-order valence-corrected chi connectivity index (χ4v) is 2.88. The summed E-state index contributed by atoms with van der Waals surface area (Å²) < 4.78 is 0. The molecule has 0 saturated carbocycles. The number of benzene rings is 3. The third-order valence-electron chi connectivity index (χ3n) is 4.15. The van der Waals surface area contributed by atoms with Crippen molar-refractivity contribution in [3.63, 3.8) is 0 Å². The van der Waals surface area contributed by atoms with E-state index < -0.39 is 0 Å². The van der Waals surface area contributed by atoms with Gasteiger partial charge >= 0.3 is 0 Å². The van der Waals surface area contributed by atoms with Gasteiger partial charge in [-0.15, -0.1) is 0 Å². The van der Waals surface area contributed by atoms with Gasteiger partial charge in [0.25, 0.3) is 0 Å². The first-order valence-electron chi connectivity index (χ1n) is 7.80. The van der Waals surface area contributed by atoms with E-state index >= 15 is 0 Å². The maximum Gasteiger partial charge on any atom is 0.122 e. The minimum Gasteiger partial charge on any atom is -0.508 e. The lowest BCUT2D eigenvalue weighted by Crippen LogP contribution is -1.99. The molecule has 2 nitrogen and oxygen atoms in total. The highest BCUT2D eigenvalue weighted by Gasteiger charge is 2.12. The van der Waals surface area contributed by atoms with Gasteiger partial charge < -0.3 is 10.2 Å². The Balaban J connectivity index is 1.75. The molecule has 23 heavy (non-hydrogen) atoms. The van der Waals surface area contributed by atoms with Crippen LogP contribution in [0, 0.1) is 0 Å². The highest BCUT2D eigenvalue weighted by atomic mass is 16.3. The first kappa shape index (κ1) is 15.2. The van der Waals surface area contributed by atoms with Gasteiger partial charge in [0.15, 0.2) is 0 Å². The molecule has 1 unspecified atom stereocenters. The van der Waals surface area contributed by atoms with Crippen molar-refractivity contribution >= 4 is 0 Å². The Hall–Kier alpha value is -2.74. The highest BCUT2D eigenvalue weighted by Crippen LogP contribution is 2.31. The van der Waals surface area contributed by atoms with E-state index in [1.54, 1.807) is 12.1 Å². The molecule has 3 aromatic rings. The van der Waals surface area contributed by atoms with Gasteiger partial charge in [0, 0.05) is 6.07 Å². The van der Waals surface area contributed by atoms with E-state index in [1.165, 1.54) is 22.8 Å². The standard InChI is InChI=1S/C21H20O2/c1-15(20-12-11-19(22)14-21(20)23)13-16-7-9-18(10-8-16)17-5-3-2-4-6-17/h2-12,14-15,22-23H,13H2,1H3. The number of phenols is 2. The van der Waals surface area contributed by atoms with Crippen molar-refractivity contribution in [3.05, 3.63) is 83.9 Å². The van der Waals surface area contributed by atoms with Crippen LogP contribution in [0.25, 0.3) is 11.1 Å². The lowest BCUT2D eigenvalue weighted by Gasteiger charge is -2.14. The molecule has 0 aliphatic heterocycles. The van der Waals surface area contributed by atoms with Crippen LogP contribution in [0.2, 0.25) is 0 Å². The molecule has 0 aliphatic carbocycles. The summed E-state index contributed by atoms with van der Waals surface area (Å²) in [6.45, 7) is 2.08. The fourth-order valence-electron chi connectivity index (χ4n) is 2.88. The number of hydrogen-bond donors (Lipinski definition) is 2. The second-order valence-corrected chi connectivity index (χ2v) is 5.91. The van der Waals surface area contributed by atoms with Gasteiger partial charge in [-0.05, 0) is 40.7 Å². The molecule has 2 N–H and O–H groups in total. The minimum atomic E-state index is 0.0886. The summed E-state index contributed by atoms with van der Waals surface area (Å²) in [5, 5.41) is 19.4. The monoisotopic (exact) mass is 304 g/mol. The molecule has 0 saturated heterocycles. The molecule has 1 atom stereocenters. The van der Waals surface area contributed by atoms with Gasteiger partial charge in [-0.3, -0.25) is 0 Å². The molecule has 2 heteroatoms. The maximum atomic E-state index is 9.97. The lowest BCUT2D eigenvalue weighted by molar-refractivity contribution is 0.442. The first-order valence-corrected chi connectivity index (χ1v) is 7.80. The Labute approximate surface area is 136 Å². The van der Waals surface area contributed by atoms with E-state index in [9.17, 15) is 10.2 Å². The van der Waals surface area contributed by atoms with Crippen LogP contribution < -0.4 is 0 Å². The molecule has 0 amide bonds. The van der Waals surface area contributed by atoms with Gasteiger partial charge in [-0.1, -0.05) is 67.6 Å². The zero-order chi connectivity index (χ0) is 16.2. The van der Waals surface area contributed by atoms with Gasteiger partial charge in [0.2, 0.25) is 0 Å². The number of rotatable bonds is 4. The van der Waals surface area contributed by atoms with Gasteiger partial charge in [0.1, 0.15) is 11.5 Å². The van der Waals surface area contributed by atoms with Crippen molar-refractivity contribution in [3.8, 4) is 22.6 Å². The summed E-state index contributed by atoms with van der Waals surface area (Å²) in [7, 11) is 0. The quantitative estimate of drug-likeness (QED) is 0.703. The van der Waals surface area contributed by atoms with E-state index in [0.29, 0.717) is 0 Å². The van der Waals surface area contributed by atoms with Gasteiger partial charge in [-0.2, -0.15) is 0 Å². The third kappa shape index (κ3) is 3.54. The Kier molecular flexibility index (Phi) is 4.33. The number of hydrogen-bond acceptors (Lipinski definition) is 2. The molecular formula is C21H20O2. The number of phenolic OH excluding ortho intramolecular Hbond substituents is 2. The highest BCUT2D eigenvalue weighted by molar-refractivity contribution is 5.63. The average molecular weight is 304 g/mol. The predicted octanol–water partition coefficient (Wildman–Crippen LogP) is 5.11. The average Bonchev–Trinajstić information content (AvgIpc) is 2.56. The van der Waals surface area contributed by atoms with Crippen molar-refractivity contribution < 1.29 is 10.2 Å². The zero-order valence-electron chi connectivity index (χ0n) is 13.1. The van der Waals surface area contributed by atoms with Crippen molar-refractivity contribution in [2.75, 3.05) is 0 Å². The second kappa shape index (κ2) is 6.57. The molecule has 116 valence electrons. The topological polar surface area (TPSA) is 40.5 Å². The van der Waals surface area contributed by atoms with Crippen LogP contribution in [-0.4, -0.2) is 10.2 Å². The summed E-state index contributed by atoms with van der Waals surface area (Å²) in [6.07, 6.45) is 0.841. The van der Waals surface area contributed by atoms with E-state index in [0.717, 1.165) is 12.0 Å². The first-order chi connectivity index (χ1) is 11.1. The second-order valence-electron chi connectivity index (χ2n) is 5.91. The SMILES string of the molecule is CC(Cc1ccc(-c2ccccc2)cc1)c1ccc(O)cc1O. The predicted molar refractivity (Wildman–Crippen MR) is 93.8 cm³/mol. The summed E-state index contributed by atoms with van der Waals surface area (Å²) in [4.78, 5) is 0. The summed E-state index contributed by atoms with van der Waals surface area (Å²) >= 11 is 0. The molecule has 0 bridgehead atoms. The molecule has 0 fully saturated rings. The summed E-state index contributed by atoms with van der Waals surface area (Å²) in [6, 6.07) is 23.6. The number of aromatic hydroxyl groups is 2. The minimum absolute atomic E-state index is 0.0886. The van der Waals surface area contributed by atoms with Crippen LogP contribution in [0.15, 0.2) is 72.8 Å². The Morgan fingerprint density at radius 3 is 2.09 bits per heavy atom. The van der Waals surface area contributed by atoms with Crippen LogP contribution in [0.5, 0.6) is 11.5 Å². The zero-order valence-corrected chi connectivity index (χ0v) is 13.1. The van der Waals surface area contributed by atoms with Crippen LogP contribution in [0.4, 0.5) is 0 Å². The van der Waals surface area contributed by atoms with Crippen LogP contribution >= 0.6 is 0 Å². The fraction of sp³-hybridized carbons (Fsp3) is 0.143. The van der Waals surface area contributed by atoms with Gasteiger partial charge in [0.05, 0.1) is 0 Å². The Morgan fingerprint density at radius 2 is 1.43 bits per heavy atom. The lowest BCUT2D eigenvalue weighted by atomic mass is 9.92. The van der Waals surface area contributed by atoms with E-state index in [1.807, 2.05) is 18.2 Å². The van der Waals surface area contributed by atoms with Crippen molar-refractivity contribution in [2.24, 2.45) is 0 Å². The van der Waals surface area contributed by atoms with E-state index in [4.69, 9.17) is 0 Å². The third-order valence-corrected chi connectivity index (χ3v) is 4.15. The summed E-state index contributed by atoms with van der Waals surface area (Å²) in [5.74, 6) is 0.419. The van der Waals surface area contributed by atoms with Gasteiger partial charge in [-0.25, -0.2) is 0 Å². The summed E-state index contributed by atoms with van der Waals surface area (Å²) in [5.41, 5.74) is 4.50. The van der Waals surface area contributed by atoms with Crippen LogP contribution in [0.1, 0.15) is 24.0 Å². The van der Waals surface area contributed by atoms with Crippen molar-refractivity contribution in [2.45, 2.75) is 19.3 Å². The largest absolute Gasteiger partial charge is 0.508 e. The van der Waals surface area contributed by atoms with Crippen molar-refractivity contribution in [1.29, 1.82) is 0 Å². The molecule has 3 rings (SSSR count). The van der Waals surface area contributed by atoms with Crippen LogP contribution in [0.3, 0.4) is 0 Å². The molecule has 0 heterocycles. The van der Waals surface area contributed by atoms with E-state index in [-0.39, 0.29) is 17.4 Å². The van der Waals surface area contributed by atoms with E-state index in [2.05, 4.69) is 43.3 Å².